The molecule has 2 N–H and O–H groups in total. The third-order valence-electron chi connectivity index (χ3n) is 2.28. The Morgan fingerprint density at radius 2 is 2.28 bits per heavy atom. The first-order chi connectivity index (χ1) is 8.67. The van der Waals surface area contributed by atoms with E-state index in [1.54, 1.807) is 13.2 Å². The van der Waals surface area contributed by atoms with E-state index in [2.05, 4.69) is 17.2 Å². The van der Waals surface area contributed by atoms with Crippen molar-refractivity contribution in [3.8, 4) is 11.8 Å². The molecule has 0 aliphatic heterocycles. The van der Waals surface area contributed by atoms with Gasteiger partial charge in [0, 0.05) is 12.7 Å². The van der Waals surface area contributed by atoms with Crippen molar-refractivity contribution in [2.24, 2.45) is 0 Å². The highest BCUT2D eigenvalue weighted by atomic mass is 16.5. The molecule has 1 aromatic carbocycles. The van der Waals surface area contributed by atoms with E-state index in [1.165, 1.54) is 0 Å². The second-order valence-corrected chi connectivity index (χ2v) is 3.80. The molecule has 0 radical (unpaired) electrons. The predicted molar refractivity (Wildman–Crippen MR) is 70.3 cm³/mol. The zero-order valence-corrected chi connectivity index (χ0v) is 10.6. The van der Waals surface area contributed by atoms with E-state index in [0.29, 0.717) is 24.3 Å². The molecule has 96 valence electrons. The van der Waals surface area contributed by atoms with Crippen LogP contribution in [0.5, 0.6) is 0 Å². The molecule has 1 rings (SSSR count). The maximum absolute atomic E-state index is 11.6. The summed E-state index contributed by atoms with van der Waals surface area (Å²) in [6, 6.07) is 5.58. The van der Waals surface area contributed by atoms with E-state index in [1.807, 2.05) is 19.1 Å². The molecule has 0 bridgehead atoms. The number of methoxy groups -OCH3 is 1. The summed E-state index contributed by atoms with van der Waals surface area (Å²) in [5, 5.41) is 11.5. The number of nitrogens with one attached hydrogen (secondary N) is 1. The van der Waals surface area contributed by atoms with Crippen LogP contribution in [0, 0.1) is 18.8 Å². The smallest absolute Gasteiger partial charge is 0.226 e. The Labute approximate surface area is 107 Å². The van der Waals surface area contributed by atoms with Gasteiger partial charge in [0.05, 0.1) is 18.7 Å². The van der Waals surface area contributed by atoms with Gasteiger partial charge in [0.15, 0.2) is 0 Å². The fourth-order valence-electron chi connectivity index (χ4n) is 1.41. The second-order valence-electron chi connectivity index (χ2n) is 3.80. The van der Waals surface area contributed by atoms with Crippen molar-refractivity contribution in [2.75, 3.05) is 25.6 Å². The summed E-state index contributed by atoms with van der Waals surface area (Å²) in [5.41, 5.74) is 2.41. The van der Waals surface area contributed by atoms with Crippen molar-refractivity contribution in [2.45, 2.75) is 13.3 Å². The van der Waals surface area contributed by atoms with Gasteiger partial charge < -0.3 is 15.2 Å². The highest BCUT2D eigenvalue weighted by molar-refractivity contribution is 5.92. The van der Waals surface area contributed by atoms with Gasteiger partial charge in [-0.2, -0.15) is 0 Å². The van der Waals surface area contributed by atoms with Gasteiger partial charge >= 0.3 is 0 Å². The lowest BCUT2D eigenvalue weighted by molar-refractivity contribution is -0.117. The van der Waals surface area contributed by atoms with Gasteiger partial charge in [0.2, 0.25) is 5.91 Å². The molecule has 4 heteroatoms. The number of aliphatic hydroxyl groups is 1. The van der Waals surface area contributed by atoms with Crippen molar-refractivity contribution in [3.05, 3.63) is 29.3 Å². The van der Waals surface area contributed by atoms with Crippen LogP contribution in [0.4, 0.5) is 5.69 Å². The number of hydrogen-bond acceptors (Lipinski definition) is 3. The van der Waals surface area contributed by atoms with E-state index in [4.69, 9.17) is 9.84 Å². The number of anilines is 1. The minimum Gasteiger partial charge on any atom is -0.384 e. The molecule has 0 fully saturated rings. The van der Waals surface area contributed by atoms with Gasteiger partial charge in [0.25, 0.3) is 0 Å². The number of amides is 1. The zero-order valence-electron chi connectivity index (χ0n) is 10.6. The first-order valence-corrected chi connectivity index (χ1v) is 5.66. The van der Waals surface area contributed by atoms with E-state index in [-0.39, 0.29) is 12.5 Å². The van der Waals surface area contributed by atoms with Gasteiger partial charge in [-0.05, 0) is 24.6 Å². The van der Waals surface area contributed by atoms with Crippen LogP contribution in [-0.4, -0.2) is 31.3 Å². The SMILES string of the molecule is COCCC(=O)Nc1ccc(C)cc1C#CCO. The third kappa shape index (κ3) is 4.58. The van der Waals surface area contributed by atoms with Crippen LogP contribution in [0.3, 0.4) is 0 Å². The monoisotopic (exact) mass is 247 g/mol. The largest absolute Gasteiger partial charge is 0.384 e. The van der Waals surface area contributed by atoms with Crippen molar-refractivity contribution >= 4 is 11.6 Å². The van der Waals surface area contributed by atoms with Crippen LogP contribution in [0.2, 0.25) is 0 Å². The average molecular weight is 247 g/mol. The minimum absolute atomic E-state index is 0.118. The summed E-state index contributed by atoms with van der Waals surface area (Å²) in [6.07, 6.45) is 0.303. The van der Waals surface area contributed by atoms with Gasteiger partial charge in [-0.1, -0.05) is 17.9 Å². The van der Waals surface area contributed by atoms with Crippen molar-refractivity contribution in [1.29, 1.82) is 0 Å². The molecule has 0 unspecified atom stereocenters. The molecule has 0 aliphatic rings. The van der Waals surface area contributed by atoms with E-state index >= 15 is 0 Å². The maximum Gasteiger partial charge on any atom is 0.226 e. The lowest BCUT2D eigenvalue weighted by Crippen LogP contribution is -2.14. The van der Waals surface area contributed by atoms with Crippen LogP contribution in [0.25, 0.3) is 0 Å². The molecule has 1 amide bonds. The van der Waals surface area contributed by atoms with Gasteiger partial charge in [0.1, 0.15) is 6.61 Å². The van der Waals surface area contributed by atoms with Gasteiger partial charge in [-0.3, -0.25) is 4.79 Å². The molecule has 0 atom stereocenters. The highest BCUT2D eigenvalue weighted by Gasteiger charge is 2.05. The summed E-state index contributed by atoms with van der Waals surface area (Å²) in [6.45, 7) is 2.13. The number of carbonyl (C=O) groups excluding carboxylic acids is 1. The first kappa shape index (κ1) is 14.2. The molecule has 0 aliphatic carbocycles. The van der Waals surface area contributed by atoms with Crippen LogP contribution in [0.1, 0.15) is 17.5 Å². The lowest BCUT2D eigenvalue weighted by Gasteiger charge is -2.08. The Kier molecular flexibility index (Phi) is 5.92. The van der Waals surface area contributed by atoms with Crippen LogP contribution in [0.15, 0.2) is 18.2 Å². The topological polar surface area (TPSA) is 58.6 Å². The first-order valence-electron chi connectivity index (χ1n) is 5.66. The summed E-state index contributed by atoms with van der Waals surface area (Å²) in [7, 11) is 1.55. The molecule has 0 spiro atoms. The number of hydrogen-bond donors (Lipinski definition) is 2. The number of carbonyl (C=O) groups is 1. The lowest BCUT2D eigenvalue weighted by atomic mass is 10.1. The van der Waals surface area contributed by atoms with Crippen LogP contribution in [-0.2, 0) is 9.53 Å². The molecule has 18 heavy (non-hydrogen) atoms. The van der Waals surface area contributed by atoms with Gasteiger partial charge in [-0.15, -0.1) is 0 Å². The molecule has 0 saturated carbocycles. The van der Waals surface area contributed by atoms with Gasteiger partial charge in [-0.25, -0.2) is 0 Å². The standard InChI is InChI=1S/C14H17NO3/c1-11-5-6-13(12(10-11)4-3-8-16)15-14(17)7-9-18-2/h5-6,10,16H,7-9H2,1-2H3,(H,15,17). The van der Waals surface area contributed by atoms with Crippen molar-refractivity contribution in [1.82, 2.24) is 0 Å². The third-order valence-corrected chi connectivity index (χ3v) is 2.28. The fourth-order valence-corrected chi connectivity index (χ4v) is 1.41. The van der Waals surface area contributed by atoms with E-state index < -0.39 is 0 Å². The van der Waals surface area contributed by atoms with E-state index in [0.717, 1.165) is 5.56 Å². The Morgan fingerprint density at radius 3 is 2.94 bits per heavy atom. The molecule has 4 nitrogen and oxygen atoms in total. The quantitative estimate of drug-likeness (QED) is 0.789. The summed E-state index contributed by atoms with van der Waals surface area (Å²) >= 11 is 0. The Bertz CT molecular complexity index is 472. The summed E-state index contributed by atoms with van der Waals surface area (Å²) in [5.74, 6) is 5.28. The Morgan fingerprint density at radius 1 is 1.50 bits per heavy atom. The number of rotatable bonds is 4. The average Bonchev–Trinajstić information content (AvgIpc) is 2.36. The number of benzene rings is 1. The molecular formula is C14H17NO3. The Hall–Kier alpha value is -1.83. The number of ether oxygens (including phenoxy) is 1. The molecule has 0 heterocycles. The number of aliphatic hydroxyl groups excluding tert-OH is 1. The number of aryl methyl sites for hydroxylation is 1. The van der Waals surface area contributed by atoms with Crippen LogP contribution < -0.4 is 5.32 Å². The minimum atomic E-state index is -0.203. The maximum atomic E-state index is 11.6. The summed E-state index contributed by atoms with van der Waals surface area (Å²) in [4.78, 5) is 11.6. The highest BCUT2D eigenvalue weighted by Crippen LogP contribution is 2.16. The molecular weight excluding hydrogens is 230 g/mol. The summed E-state index contributed by atoms with van der Waals surface area (Å²) < 4.78 is 4.84. The van der Waals surface area contributed by atoms with Crippen LogP contribution >= 0.6 is 0 Å². The Balaban J connectivity index is 2.84. The molecule has 0 saturated heterocycles. The second kappa shape index (κ2) is 7.49. The molecule has 1 aromatic rings. The van der Waals surface area contributed by atoms with Crippen molar-refractivity contribution < 1.29 is 14.6 Å². The van der Waals surface area contributed by atoms with Crippen molar-refractivity contribution in [3.63, 3.8) is 0 Å². The normalized spacial score (nSPS) is 9.50. The molecule has 0 aromatic heterocycles. The zero-order chi connectivity index (χ0) is 13.4. The predicted octanol–water partition coefficient (Wildman–Crippen LogP) is 1.31. The fraction of sp³-hybridized carbons (Fsp3) is 0.357. The van der Waals surface area contributed by atoms with E-state index in [9.17, 15) is 4.79 Å².